The van der Waals surface area contributed by atoms with Crippen LogP contribution >= 0.6 is 15.9 Å². The summed E-state index contributed by atoms with van der Waals surface area (Å²) in [6, 6.07) is 6.21. The van der Waals surface area contributed by atoms with Gasteiger partial charge in [-0.15, -0.1) is 0 Å². The Morgan fingerprint density at radius 3 is 2.76 bits per heavy atom. The molecule has 2 N–H and O–H groups in total. The third-order valence-electron chi connectivity index (χ3n) is 3.71. The topological polar surface area (TPSA) is 35.2 Å². The SMILES string of the molecule is CCC(CC)C1C[C@H](N)c2cc(Br)ccc2O1. The van der Waals surface area contributed by atoms with Gasteiger partial charge in [-0.3, -0.25) is 0 Å². The predicted molar refractivity (Wildman–Crippen MR) is 74.2 cm³/mol. The molecule has 1 aliphatic heterocycles. The van der Waals surface area contributed by atoms with Crippen molar-refractivity contribution in [3.63, 3.8) is 0 Å². The Hall–Kier alpha value is -0.540. The van der Waals surface area contributed by atoms with Gasteiger partial charge in [0.1, 0.15) is 11.9 Å². The monoisotopic (exact) mass is 297 g/mol. The Balaban J connectivity index is 2.24. The molecule has 1 unspecified atom stereocenters. The van der Waals surface area contributed by atoms with Crippen molar-refractivity contribution in [2.75, 3.05) is 0 Å². The average molecular weight is 298 g/mol. The zero-order valence-electron chi connectivity index (χ0n) is 10.4. The lowest BCUT2D eigenvalue weighted by molar-refractivity contribution is 0.0944. The molecule has 0 spiro atoms. The Morgan fingerprint density at radius 2 is 2.12 bits per heavy atom. The van der Waals surface area contributed by atoms with E-state index in [0.717, 1.165) is 35.0 Å². The Kier molecular flexibility index (Phi) is 4.10. The molecule has 0 saturated carbocycles. The maximum Gasteiger partial charge on any atom is 0.124 e. The van der Waals surface area contributed by atoms with E-state index in [1.54, 1.807) is 0 Å². The molecule has 2 atom stereocenters. The Labute approximate surface area is 112 Å². The minimum atomic E-state index is 0.0989. The lowest BCUT2D eigenvalue weighted by Gasteiger charge is -2.34. The molecule has 1 heterocycles. The van der Waals surface area contributed by atoms with Crippen LogP contribution in [0.1, 0.15) is 44.7 Å². The molecule has 1 aromatic carbocycles. The normalized spacial score (nSPS) is 23.4. The average Bonchev–Trinajstić information content (AvgIpc) is 2.32. The van der Waals surface area contributed by atoms with Gasteiger partial charge < -0.3 is 10.5 Å². The molecule has 2 rings (SSSR count). The lowest BCUT2D eigenvalue weighted by atomic mass is 9.87. The van der Waals surface area contributed by atoms with Crippen LogP contribution in [0, 0.1) is 5.92 Å². The van der Waals surface area contributed by atoms with Crippen LogP contribution in [0.2, 0.25) is 0 Å². The molecule has 0 radical (unpaired) electrons. The number of fused-ring (bicyclic) bond motifs is 1. The quantitative estimate of drug-likeness (QED) is 0.914. The molecule has 1 aromatic rings. The predicted octanol–water partition coefficient (Wildman–Crippen LogP) is 4.04. The van der Waals surface area contributed by atoms with Gasteiger partial charge in [0.25, 0.3) is 0 Å². The van der Waals surface area contributed by atoms with Gasteiger partial charge >= 0.3 is 0 Å². The summed E-state index contributed by atoms with van der Waals surface area (Å²) in [5.74, 6) is 1.57. The van der Waals surface area contributed by atoms with Gasteiger partial charge in [0, 0.05) is 22.5 Å². The molecular formula is C14H20BrNO. The molecule has 0 saturated heterocycles. The van der Waals surface area contributed by atoms with Crippen molar-refractivity contribution in [2.45, 2.75) is 45.3 Å². The highest BCUT2D eigenvalue weighted by atomic mass is 79.9. The van der Waals surface area contributed by atoms with E-state index >= 15 is 0 Å². The van der Waals surface area contributed by atoms with E-state index in [1.165, 1.54) is 0 Å². The van der Waals surface area contributed by atoms with Crippen LogP contribution < -0.4 is 10.5 Å². The fourth-order valence-electron chi connectivity index (χ4n) is 2.61. The van der Waals surface area contributed by atoms with Crippen LogP contribution in [0.3, 0.4) is 0 Å². The summed E-state index contributed by atoms with van der Waals surface area (Å²) >= 11 is 3.48. The second kappa shape index (κ2) is 5.40. The summed E-state index contributed by atoms with van der Waals surface area (Å²) in [5.41, 5.74) is 7.38. The summed E-state index contributed by atoms with van der Waals surface area (Å²) in [6.07, 6.45) is 3.50. The largest absolute Gasteiger partial charge is 0.490 e. The minimum Gasteiger partial charge on any atom is -0.490 e. The molecule has 0 fully saturated rings. The van der Waals surface area contributed by atoms with Gasteiger partial charge in [0.05, 0.1) is 0 Å². The van der Waals surface area contributed by atoms with Crippen molar-refractivity contribution in [1.29, 1.82) is 0 Å². The van der Waals surface area contributed by atoms with E-state index in [0.29, 0.717) is 5.92 Å². The van der Waals surface area contributed by atoms with E-state index in [1.807, 2.05) is 12.1 Å². The minimum absolute atomic E-state index is 0.0989. The first kappa shape index (κ1) is 12.9. The summed E-state index contributed by atoms with van der Waals surface area (Å²) in [6.45, 7) is 4.44. The molecule has 0 bridgehead atoms. The molecule has 2 nitrogen and oxygen atoms in total. The zero-order valence-corrected chi connectivity index (χ0v) is 12.0. The molecule has 3 heteroatoms. The van der Waals surface area contributed by atoms with Gasteiger partial charge in [0.2, 0.25) is 0 Å². The standard InChI is InChI=1S/C14H20BrNO/c1-3-9(4-2)14-8-12(16)11-7-10(15)5-6-13(11)17-14/h5-7,9,12,14H,3-4,8,16H2,1-2H3/t12-,14?/m0/s1. The lowest BCUT2D eigenvalue weighted by Crippen LogP contribution is -2.34. The second-order valence-electron chi connectivity index (χ2n) is 4.76. The number of nitrogens with two attached hydrogens (primary N) is 1. The summed E-state index contributed by atoms with van der Waals surface area (Å²) in [4.78, 5) is 0. The van der Waals surface area contributed by atoms with Gasteiger partial charge in [-0.1, -0.05) is 29.8 Å². The van der Waals surface area contributed by atoms with Crippen molar-refractivity contribution in [3.05, 3.63) is 28.2 Å². The van der Waals surface area contributed by atoms with E-state index in [4.69, 9.17) is 10.5 Å². The molecule has 94 valence electrons. The van der Waals surface area contributed by atoms with Gasteiger partial charge in [-0.25, -0.2) is 0 Å². The summed E-state index contributed by atoms with van der Waals surface area (Å²) in [7, 11) is 0. The van der Waals surface area contributed by atoms with Crippen LogP contribution in [0.5, 0.6) is 5.75 Å². The fourth-order valence-corrected chi connectivity index (χ4v) is 2.99. The number of benzene rings is 1. The van der Waals surface area contributed by atoms with Gasteiger partial charge in [-0.2, -0.15) is 0 Å². The van der Waals surface area contributed by atoms with Gasteiger partial charge in [0.15, 0.2) is 0 Å². The maximum absolute atomic E-state index is 6.25. The van der Waals surface area contributed by atoms with Crippen LogP contribution in [0.15, 0.2) is 22.7 Å². The molecule has 1 aliphatic rings. The number of rotatable bonds is 3. The highest BCUT2D eigenvalue weighted by molar-refractivity contribution is 9.10. The summed E-state index contributed by atoms with van der Waals surface area (Å²) < 4.78 is 7.17. The van der Waals surface area contributed by atoms with E-state index in [2.05, 4.69) is 35.8 Å². The zero-order chi connectivity index (χ0) is 12.4. The van der Waals surface area contributed by atoms with E-state index in [-0.39, 0.29) is 12.1 Å². The van der Waals surface area contributed by atoms with E-state index < -0.39 is 0 Å². The number of halogens is 1. The van der Waals surface area contributed by atoms with Crippen molar-refractivity contribution in [2.24, 2.45) is 11.7 Å². The molecule has 0 amide bonds. The number of hydrogen-bond acceptors (Lipinski definition) is 2. The third-order valence-corrected chi connectivity index (χ3v) is 4.20. The van der Waals surface area contributed by atoms with Crippen LogP contribution in [-0.4, -0.2) is 6.10 Å². The number of hydrogen-bond donors (Lipinski definition) is 1. The molecular weight excluding hydrogens is 278 g/mol. The van der Waals surface area contributed by atoms with Crippen LogP contribution in [-0.2, 0) is 0 Å². The van der Waals surface area contributed by atoms with Crippen molar-refractivity contribution in [3.8, 4) is 5.75 Å². The smallest absolute Gasteiger partial charge is 0.124 e. The van der Waals surface area contributed by atoms with Crippen LogP contribution in [0.4, 0.5) is 0 Å². The van der Waals surface area contributed by atoms with Crippen molar-refractivity contribution >= 4 is 15.9 Å². The van der Waals surface area contributed by atoms with Crippen LogP contribution in [0.25, 0.3) is 0 Å². The summed E-state index contributed by atoms with van der Waals surface area (Å²) in [5, 5.41) is 0. The molecule has 0 aliphatic carbocycles. The number of ether oxygens (including phenoxy) is 1. The molecule has 17 heavy (non-hydrogen) atoms. The first-order chi connectivity index (χ1) is 8.15. The fraction of sp³-hybridized carbons (Fsp3) is 0.571. The Morgan fingerprint density at radius 1 is 1.41 bits per heavy atom. The highest BCUT2D eigenvalue weighted by Crippen LogP contribution is 2.38. The van der Waals surface area contributed by atoms with Crippen molar-refractivity contribution < 1.29 is 4.74 Å². The second-order valence-corrected chi connectivity index (χ2v) is 5.67. The first-order valence-corrected chi connectivity index (χ1v) is 7.16. The van der Waals surface area contributed by atoms with Gasteiger partial charge in [-0.05, 0) is 37.0 Å². The first-order valence-electron chi connectivity index (χ1n) is 6.37. The Bertz CT molecular complexity index is 390. The van der Waals surface area contributed by atoms with Crippen molar-refractivity contribution in [1.82, 2.24) is 0 Å². The van der Waals surface area contributed by atoms with E-state index in [9.17, 15) is 0 Å². The highest BCUT2D eigenvalue weighted by Gasteiger charge is 2.30. The maximum atomic E-state index is 6.25. The third kappa shape index (κ3) is 2.66. The molecule has 0 aromatic heterocycles.